The Balaban J connectivity index is 2.00. The lowest BCUT2D eigenvalue weighted by atomic mass is 10.2. The van der Waals surface area contributed by atoms with E-state index in [0.29, 0.717) is 31.2 Å². The summed E-state index contributed by atoms with van der Waals surface area (Å²) in [5, 5.41) is 6.05. The normalized spacial score (nSPS) is 18.3. The van der Waals surface area contributed by atoms with Crippen LogP contribution in [0, 0.1) is 6.92 Å². The number of amides is 1. The molecular formula is C16H25N3O3. The quantitative estimate of drug-likeness (QED) is 0.816. The van der Waals surface area contributed by atoms with Gasteiger partial charge in [0.25, 0.3) is 5.91 Å². The number of anilines is 1. The van der Waals surface area contributed by atoms with Crippen LogP contribution in [-0.4, -0.2) is 63.9 Å². The van der Waals surface area contributed by atoms with Crippen LogP contribution in [0.1, 0.15) is 5.56 Å². The van der Waals surface area contributed by atoms with Gasteiger partial charge in [-0.05, 0) is 38.7 Å². The van der Waals surface area contributed by atoms with Crippen molar-refractivity contribution in [2.24, 2.45) is 0 Å². The Labute approximate surface area is 131 Å². The Kier molecular flexibility index (Phi) is 6.18. The molecule has 6 heteroatoms. The first-order chi connectivity index (χ1) is 10.6. The number of benzene rings is 1. The van der Waals surface area contributed by atoms with E-state index in [1.165, 1.54) is 0 Å². The van der Waals surface area contributed by atoms with E-state index in [9.17, 15) is 4.79 Å². The monoisotopic (exact) mass is 307 g/mol. The third-order valence-electron chi connectivity index (χ3n) is 3.41. The van der Waals surface area contributed by atoms with Gasteiger partial charge in [0.1, 0.15) is 18.5 Å². The molecule has 0 bridgehead atoms. The van der Waals surface area contributed by atoms with Crippen molar-refractivity contribution < 1.29 is 14.3 Å². The van der Waals surface area contributed by atoms with Crippen molar-refractivity contribution in [3.8, 4) is 5.75 Å². The van der Waals surface area contributed by atoms with E-state index in [1.807, 2.05) is 39.2 Å². The largest absolute Gasteiger partial charge is 0.490 e. The fraction of sp³-hybridized carbons (Fsp3) is 0.562. The molecule has 1 saturated heterocycles. The van der Waals surface area contributed by atoms with Gasteiger partial charge in [0.2, 0.25) is 0 Å². The van der Waals surface area contributed by atoms with Gasteiger partial charge in [0, 0.05) is 19.6 Å². The minimum atomic E-state index is -0.454. The van der Waals surface area contributed by atoms with Crippen molar-refractivity contribution in [1.29, 1.82) is 0 Å². The van der Waals surface area contributed by atoms with Crippen molar-refractivity contribution in [3.63, 3.8) is 0 Å². The predicted octanol–water partition coefficient (Wildman–Crippen LogP) is 0.862. The van der Waals surface area contributed by atoms with Crippen molar-refractivity contribution in [2.45, 2.75) is 13.0 Å². The maximum atomic E-state index is 12.2. The molecule has 2 N–H and O–H groups in total. The topological polar surface area (TPSA) is 62.8 Å². The molecule has 1 aromatic rings. The summed E-state index contributed by atoms with van der Waals surface area (Å²) in [4.78, 5) is 14.3. The van der Waals surface area contributed by atoms with Gasteiger partial charge >= 0.3 is 0 Å². The number of morpholine rings is 1. The number of nitrogens with one attached hydrogen (secondary N) is 2. The lowest BCUT2D eigenvalue weighted by Crippen LogP contribution is -2.45. The first kappa shape index (κ1) is 16.7. The zero-order chi connectivity index (χ0) is 15.9. The molecule has 1 amide bonds. The van der Waals surface area contributed by atoms with Gasteiger partial charge < -0.3 is 25.0 Å². The third-order valence-corrected chi connectivity index (χ3v) is 3.41. The number of ether oxygens (including phenoxy) is 2. The summed E-state index contributed by atoms with van der Waals surface area (Å²) < 4.78 is 11.3. The minimum absolute atomic E-state index is 0.145. The van der Waals surface area contributed by atoms with Crippen LogP contribution in [0.5, 0.6) is 5.75 Å². The molecule has 6 nitrogen and oxygen atoms in total. The van der Waals surface area contributed by atoms with Gasteiger partial charge in [-0.15, -0.1) is 0 Å². The van der Waals surface area contributed by atoms with Crippen LogP contribution in [0.4, 0.5) is 5.69 Å². The highest BCUT2D eigenvalue weighted by atomic mass is 16.5. The summed E-state index contributed by atoms with van der Waals surface area (Å²) in [6, 6.07) is 5.76. The van der Waals surface area contributed by atoms with Crippen LogP contribution >= 0.6 is 0 Å². The van der Waals surface area contributed by atoms with Crippen LogP contribution in [0.15, 0.2) is 18.2 Å². The summed E-state index contributed by atoms with van der Waals surface area (Å²) in [5.74, 6) is 0.549. The second kappa shape index (κ2) is 8.12. The number of likely N-dealkylation sites (N-methyl/N-ethyl adjacent to an activating group) is 1. The van der Waals surface area contributed by atoms with Crippen LogP contribution < -0.4 is 15.4 Å². The van der Waals surface area contributed by atoms with Crippen LogP contribution in [-0.2, 0) is 9.53 Å². The van der Waals surface area contributed by atoms with E-state index in [0.717, 1.165) is 18.7 Å². The van der Waals surface area contributed by atoms with Crippen molar-refractivity contribution in [2.75, 3.05) is 52.3 Å². The summed E-state index contributed by atoms with van der Waals surface area (Å²) in [6.07, 6.45) is -0.454. The maximum Gasteiger partial charge on any atom is 0.254 e. The SMILES string of the molecule is Cc1ccc(NC(=O)C2CNCCO2)c(OCCN(C)C)c1. The highest BCUT2D eigenvalue weighted by molar-refractivity contribution is 5.95. The van der Waals surface area contributed by atoms with E-state index in [4.69, 9.17) is 9.47 Å². The first-order valence-electron chi connectivity index (χ1n) is 7.57. The second-order valence-corrected chi connectivity index (χ2v) is 5.70. The smallest absolute Gasteiger partial charge is 0.254 e. The van der Waals surface area contributed by atoms with Crippen LogP contribution in [0.3, 0.4) is 0 Å². The van der Waals surface area contributed by atoms with E-state index in [-0.39, 0.29) is 5.91 Å². The molecule has 1 atom stereocenters. The van der Waals surface area contributed by atoms with Gasteiger partial charge in [-0.1, -0.05) is 6.07 Å². The average molecular weight is 307 g/mol. The molecule has 2 rings (SSSR count). The Morgan fingerprint density at radius 1 is 1.50 bits per heavy atom. The molecule has 0 radical (unpaired) electrons. The highest BCUT2D eigenvalue weighted by Gasteiger charge is 2.22. The van der Waals surface area contributed by atoms with Crippen molar-refractivity contribution in [3.05, 3.63) is 23.8 Å². The van der Waals surface area contributed by atoms with E-state index >= 15 is 0 Å². The molecule has 22 heavy (non-hydrogen) atoms. The van der Waals surface area contributed by atoms with Gasteiger partial charge in [-0.3, -0.25) is 4.79 Å². The Morgan fingerprint density at radius 3 is 3.00 bits per heavy atom. The van der Waals surface area contributed by atoms with Gasteiger partial charge in [-0.25, -0.2) is 0 Å². The zero-order valence-corrected chi connectivity index (χ0v) is 13.5. The highest BCUT2D eigenvalue weighted by Crippen LogP contribution is 2.26. The van der Waals surface area contributed by atoms with Crippen LogP contribution in [0.25, 0.3) is 0 Å². The molecule has 1 aliphatic heterocycles. The standard InChI is InChI=1S/C16H25N3O3/c1-12-4-5-13(14(10-12)22-9-7-19(2)3)18-16(20)15-11-17-6-8-21-15/h4-5,10,15,17H,6-9,11H2,1-3H3,(H,18,20). The Bertz CT molecular complexity index is 499. The fourth-order valence-corrected chi connectivity index (χ4v) is 2.14. The van der Waals surface area contributed by atoms with Gasteiger partial charge in [0.05, 0.1) is 12.3 Å². The second-order valence-electron chi connectivity index (χ2n) is 5.70. The molecule has 1 aliphatic rings. The number of hydrogen-bond donors (Lipinski definition) is 2. The summed E-state index contributed by atoms with van der Waals surface area (Å²) >= 11 is 0. The number of aryl methyl sites for hydroxylation is 1. The molecule has 1 heterocycles. The maximum absolute atomic E-state index is 12.2. The number of nitrogens with zero attached hydrogens (tertiary/aromatic N) is 1. The fourth-order valence-electron chi connectivity index (χ4n) is 2.14. The summed E-state index contributed by atoms with van der Waals surface area (Å²) in [6.45, 7) is 5.26. The molecule has 0 aliphatic carbocycles. The summed E-state index contributed by atoms with van der Waals surface area (Å²) in [7, 11) is 3.99. The number of carbonyl (C=O) groups excluding carboxylic acids is 1. The van der Waals surface area contributed by atoms with E-state index in [2.05, 4.69) is 15.5 Å². The predicted molar refractivity (Wildman–Crippen MR) is 86.5 cm³/mol. The Hall–Kier alpha value is -1.63. The third kappa shape index (κ3) is 4.98. The Morgan fingerprint density at radius 2 is 2.32 bits per heavy atom. The molecule has 0 spiro atoms. The molecule has 1 aromatic carbocycles. The van der Waals surface area contributed by atoms with Crippen molar-refractivity contribution in [1.82, 2.24) is 10.2 Å². The summed E-state index contributed by atoms with van der Waals surface area (Å²) in [5.41, 5.74) is 1.77. The molecule has 1 fully saturated rings. The molecule has 1 unspecified atom stereocenters. The number of carbonyl (C=O) groups is 1. The van der Waals surface area contributed by atoms with E-state index in [1.54, 1.807) is 0 Å². The number of rotatable bonds is 6. The van der Waals surface area contributed by atoms with Crippen molar-refractivity contribution >= 4 is 11.6 Å². The minimum Gasteiger partial charge on any atom is -0.490 e. The first-order valence-corrected chi connectivity index (χ1v) is 7.57. The average Bonchev–Trinajstić information content (AvgIpc) is 2.50. The van der Waals surface area contributed by atoms with Gasteiger partial charge in [-0.2, -0.15) is 0 Å². The van der Waals surface area contributed by atoms with Crippen LogP contribution in [0.2, 0.25) is 0 Å². The molecule has 0 aromatic heterocycles. The number of hydrogen-bond acceptors (Lipinski definition) is 5. The molecule has 122 valence electrons. The zero-order valence-electron chi connectivity index (χ0n) is 13.5. The van der Waals surface area contributed by atoms with E-state index < -0.39 is 6.10 Å². The molecule has 0 saturated carbocycles. The lowest BCUT2D eigenvalue weighted by molar-refractivity contribution is -0.128. The lowest BCUT2D eigenvalue weighted by Gasteiger charge is -2.23. The molecular weight excluding hydrogens is 282 g/mol. The van der Waals surface area contributed by atoms with Gasteiger partial charge in [0.15, 0.2) is 0 Å².